The quantitative estimate of drug-likeness (QED) is 0.485. The number of alkyl halides is 1. The molecule has 0 bridgehead atoms. The summed E-state index contributed by atoms with van der Waals surface area (Å²) in [6.45, 7) is 0. The van der Waals surface area contributed by atoms with Crippen molar-refractivity contribution in [2.75, 3.05) is 0 Å². The number of aliphatic hydroxyl groups excluding tert-OH is 1. The average Bonchev–Trinajstić information content (AvgIpc) is 2.53. The number of ether oxygens (including phenoxy) is 1. The Morgan fingerprint density at radius 3 is 2.69 bits per heavy atom. The molecule has 1 aliphatic heterocycles. The predicted molar refractivity (Wildman–Crippen MR) is 53.0 cm³/mol. The highest BCUT2D eigenvalue weighted by molar-refractivity contribution is 7.98. The third-order valence-corrected chi connectivity index (χ3v) is 3.35. The summed E-state index contributed by atoms with van der Waals surface area (Å²) in [5, 5.41) is 9.41. The molecule has 0 aromatic carbocycles. The van der Waals surface area contributed by atoms with E-state index in [4.69, 9.17) is 21.4 Å². The summed E-state index contributed by atoms with van der Waals surface area (Å²) in [5.74, 6) is 0.751. The van der Waals surface area contributed by atoms with E-state index in [1.807, 2.05) is 0 Å². The van der Waals surface area contributed by atoms with Crippen molar-refractivity contribution in [3.63, 3.8) is 0 Å². The van der Waals surface area contributed by atoms with Crippen LogP contribution in [0.1, 0.15) is 25.7 Å². The van der Waals surface area contributed by atoms with Crippen LogP contribution in [0.5, 0.6) is 0 Å². The van der Waals surface area contributed by atoms with Crippen LogP contribution in [0.3, 0.4) is 0 Å². The van der Waals surface area contributed by atoms with E-state index in [0.717, 1.165) is 31.6 Å². The van der Waals surface area contributed by atoms with Crippen molar-refractivity contribution in [2.45, 2.75) is 36.7 Å². The van der Waals surface area contributed by atoms with Gasteiger partial charge in [-0.25, -0.2) is 0 Å². The van der Waals surface area contributed by atoms with E-state index in [1.165, 1.54) is 17.5 Å². The molecule has 13 heavy (non-hydrogen) atoms. The molecule has 2 rings (SSSR count). The highest BCUT2D eigenvalue weighted by Crippen LogP contribution is 2.32. The lowest BCUT2D eigenvalue weighted by molar-refractivity contribution is 0.0158. The number of nitrogens with one attached hydrogen (secondary N) is 1. The Balaban J connectivity index is 1.99. The van der Waals surface area contributed by atoms with Gasteiger partial charge in [0.1, 0.15) is 0 Å². The SMILES string of the molecule is OC1OC(=C2CCC(Cl)CC2)NS1. The molecule has 1 atom stereocenters. The average molecular weight is 222 g/mol. The molecule has 1 saturated heterocycles. The molecule has 2 N–H and O–H groups in total. The Kier molecular flexibility index (Phi) is 2.91. The second-order valence-electron chi connectivity index (χ2n) is 3.25. The van der Waals surface area contributed by atoms with E-state index in [-0.39, 0.29) is 0 Å². The van der Waals surface area contributed by atoms with Gasteiger partial charge in [-0.1, -0.05) is 0 Å². The van der Waals surface area contributed by atoms with Crippen molar-refractivity contribution in [2.24, 2.45) is 0 Å². The molecule has 5 heteroatoms. The molecule has 1 heterocycles. The van der Waals surface area contributed by atoms with Crippen molar-refractivity contribution in [3.8, 4) is 0 Å². The van der Waals surface area contributed by atoms with Gasteiger partial charge in [0.05, 0.1) is 0 Å². The van der Waals surface area contributed by atoms with E-state index in [2.05, 4.69) is 4.72 Å². The van der Waals surface area contributed by atoms with Gasteiger partial charge in [0, 0.05) is 17.3 Å². The molecule has 0 aromatic rings. The van der Waals surface area contributed by atoms with Gasteiger partial charge in [-0.15, -0.1) is 11.6 Å². The third-order valence-electron chi connectivity index (χ3n) is 2.31. The van der Waals surface area contributed by atoms with Crippen LogP contribution < -0.4 is 4.72 Å². The maximum Gasteiger partial charge on any atom is 0.267 e. The Morgan fingerprint density at radius 2 is 2.15 bits per heavy atom. The van der Waals surface area contributed by atoms with Crippen molar-refractivity contribution in [3.05, 3.63) is 11.5 Å². The first-order chi connectivity index (χ1) is 6.25. The molecule has 1 saturated carbocycles. The van der Waals surface area contributed by atoms with Crippen molar-refractivity contribution < 1.29 is 9.84 Å². The van der Waals surface area contributed by atoms with Crippen LogP contribution in [0, 0.1) is 0 Å². The smallest absolute Gasteiger partial charge is 0.267 e. The van der Waals surface area contributed by atoms with Gasteiger partial charge < -0.3 is 9.84 Å². The maximum absolute atomic E-state index is 9.10. The van der Waals surface area contributed by atoms with Crippen LogP contribution in [0.4, 0.5) is 0 Å². The normalized spacial score (nSPS) is 34.3. The standard InChI is InChI=1S/C8H12ClNO2S/c9-6-3-1-5(2-4-6)7-10-13-8(11)12-7/h6,8,10-11H,1-4H2. The monoisotopic (exact) mass is 221 g/mol. The van der Waals surface area contributed by atoms with Crippen molar-refractivity contribution in [1.82, 2.24) is 4.72 Å². The van der Waals surface area contributed by atoms with Crippen LogP contribution in [0.15, 0.2) is 11.5 Å². The number of hydrogen-bond donors (Lipinski definition) is 2. The lowest BCUT2D eigenvalue weighted by atomic mass is 9.95. The number of allylic oxidation sites excluding steroid dienone is 1. The van der Waals surface area contributed by atoms with Crippen LogP contribution in [0.25, 0.3) is 0 Å². The van der Waals surface area contributed by atoms with E-state index < -0.39 is 5.62 Å². The van der Waals surface area contributed by atoms with Gasteiger partial charge in [-0.2, -0.15) is 0 Å². The van der Waals surface area contributed by atoms with Crippen molar-refractivity contribution >= 4 is 23.5 Å². The first kappa shape index (κ1) is 9.49. The van der Waals surface area contributed by atoms with Gasteiger partial charge in [0.2, 0.25) is 0 Å². The molecule has 2 fully saturated rings. The van der Waals surface area contributed by atoms with Crippen molar-refractivity contribution in [1.29, 1.82) is 0 Å². The topological polar surface area (TPSA) is 41.5 Å². The number of aliphatic hydroxyl groups is 1. The van der Waals surface area contributed by atoms with Crippen LogP contribution in [-0.4, -0.2) is 16.1 Å². The highest BCUT2D eigenvalue weighted by Gasteiger charge is 2.24. The number of rotatable bonds is 0. The van der Waals surface area contributed by atoms with Crippen LogP contribution in [0.2, 0.25) is 0 Å². The Hall–Kier alpha value is -0.0600. The molecule has 0 aromatic heterocycles. The van der Waals surface area contributed by atoms with Crippen LogP contribution >= 0.6 is 23.5 Å². The number of halogens is 1. The first-order valence-electron chi connectivity index (χ1n) is 4.38. The molecule has 0 spiro atoms. The fourth-order valence-electron chi connectivity index (χ4n) is 1.57. The molecular formula is C8H12ClNO2S. The Bertz CT molecular complexity index is 224. The summed E-state index contributed by atoms with van der Waals surface area (Å²) in [6.07, 6.45) is 3.96. The van der Waals surface area contributed by atoms with E-state index in [0.29, 0.717) is 5.38 Å². The zero-order valence-corrected chi connectivity index (χ0v) is 8.70. The molecule has 0 radical (unpaired) electrons. The largest absolute Gasteiger partial charge is 0.438 e. The Labute approximate surface area is 86.6 Å². The molecule has 1 aliphatic carbocycles. The van der Waals surface area contributed by atoms with Gasteiger partial charge in [0.15, 0.2) is 5.88 Å². The van der Waals surface area contributed by atoms with Gasteiger partial charge in [-0.3, -0.25) is 4.72 Å². The number of hydrogen-bond acceptors (Lipinski definition) is 4. The van der Waals surface area contributed by atoms with Gasteiger partial charge in [0.25, 0.3) is 5.62 Å². The van der Waals surface area contributed by atoms with Gasteiger partial charge in [-0.05, 0) is 31.3 Å². The second kappa shape index (κ2) is 3.98. The van der Waals surface area contributed by atoms with Gasteiger partial charge >= 0.3 is 0 Å². The highest BCUT2D eigenvalue weighted by atomic mass is 35.5. The predicted octanol–water partition coefficient (Wildman–Crippen LogP) is 1.92. The molecule has 3 nitrogen and oxygen atoms in total. The van der Waals surface area contributed by atoms with Crippen LogP contribution in [-0.2, 0) is 4.74 Å². The lowest BCUT2D eigenvalue weighted by Gasteiger charge is -2.19. The van der Waals surface area contributed by atoms with E-state index in [1.54, 1.807) is 0 Å². The molecule has 74 valence electrons. The van der Waals surface area contributed by atoms with E-state index in [9.17, 15) is 0 Å². The molecule has 2 aliphatic rings. The minimum atomic E-state index is -0.753. The molecule has 0 amide bonds. The summed E-state index contributed by atoms with van der Waals surface area (Å²) in [7, 11) is 0. The first-order valence-corrected chi connectivity index (χ1v) is 5.70. The summed E-state index contributed by atoms with van der Waals surface area (Å²) in [6, 6.07) is 0. The minimum absolute atomic E-state index is 0.309. The fraction of sp³-hybridized carbons (Fsp3) is 0.750. The molecular weight excluding hydrogens is 210 g/mol. The second-order valence-corrected chi connectivity index (χ2v) is 4.71. The molecule has 1 unspecified atom stereocenters. The summed E-state index contributed by atoms with van der Waals surface area (Å²) < 4.78 is 8.15. The zero-order chi connectivity index (χ0) is 9.26. The summed E-state index contributed by atoms with van der Waals surface area (Å²) >= 11 is 7.17. The summed E-state index contributed by atoms with van der Waals surface area (Å²) in [5.41, 5.74) is 0.497. The third kappa shape index (κ3) is 2.24. The summed E-state index contributed by atoms with van der Waals surface area (Å²) in [4.78, 5) is 0. The Morgan fingerprint density at radius 1 is 1.46 bits per heavy atom. The zero-order valence-electron chi connectivity index (χ0n) is 7.12. The lowest BCUT2D eigenvalue weighted by Crippen LogP contribution is -2.11. The minimum Gasteiger partial charge on any atom is -0.438 e. The van der Waals surface area contributed by atoms with E-state index >= 15 is 0 Å². The fourth-order valence-corrected chi connectivity index (χ4v) is 2.33. The maximum atomic E-state index is 9.10.